The largest absolute Gasteiger partial charge is 0.486 e. The van der Waals surface area contributed by atoms with Crippen LogP contribution in [0.1, 0.15) is 35.2 Å². The molecule has 6 heteroatoms. The highest BCUT2D eigenvalue weighted by Crippen LogP contribution is 2.35. The molecule has 0 N–H and O–H groups in total. The summed E-state index contributed by atoms with van der Waals surface area (Å²) in [5.74, 6) is 1.27. The van der Waals surface area contributed by atoms with Crippen LogP contribution in [0.25, 0.3) is 0 Å². The van der Waals surface area contributed by atoms with Crippen molar-refractivity contribution in [3.05, 3.63) is 41.7 Å². The van der Waals surface area contributed by atoms with Crippen LogP contribution in [-0.4, -0.2) is 46.4 Å². The molecule has 0 radical (unpaired) electrons. The Morgan fingerprint density at radius 1 is 1.28 bits per heavy atom. The molecular weight excluding hydrogens is 318 g/mol. The number of piperidine rings is 1. The molecule has 3 heterocycles. The van der Waals surface area contributed by atoms with E-state index in [1.807, 2.05) is 47.1 Å². The fourth-order valence-corrected chi connectivity index (χ4v) is 3.64. The molecular formula is C19H23N3O3. The summed E-state index contributed by atoms with van der Waals surface area (Å²) in [7, 11) is 0. The number of benzene rings is 1. The van der Waals surface area contributed by atoms with Crippen LogP contribution < -0.4 is 9.47 Å². The van der Waals surface area contributed by atoms with E-state index in [-0.39, 0.29) is 11.9 Å². The lowest BCUT2D eigenvalue weighted by molar-refractivity contribution is 0.0574. The third kappa shape index (κ3) is 3.21. The third-order valence-electron chi connectivity index (χ3n) is 4.84. The summed E-state index contributed by atoms with van der Waals surface area (Å²) in [6, 6.07) is 5.70. The summed E-state index contributed by atoms with van der Waals surface area (Å²) in [4.78, 5) is 15.2. The van der Waals surface area contributed by atoms with Crippen molar-refractivity contribution >= 4 is 5.91 Å². The van der Waals surface area contributed by atoms with Crippen LogP contribution in [0.2, 0.25) is 0 Å². The van der Waals surface area contributed by atoms with E-state index in [2.05, 4.69) is 5.10 Å². The van der Waals surface area contributed by atoms with E-state index in [1.165, 1.54) is 0 Å². The second-order valence-corrected chi connectivity index (χ2v) is 6.72. The van der Waals surface area contributed by atoms with Gasteiger partial charge in [0, 0.05) is 12.7 Å². The normalized spacial score (nSPS) is 19.7. The number of nitrogens with zero attached hydrogens (tertiary/aromatic N) is 3. The van der Waals surface area contributed by atoms with Crippen molar-refractivity contribution in [2.24, 2.45) is 0 Å². The molecule has 132 valence electrons. The van der Waals surface area contributed by atoms with Gasteiger partial charge in [-0.25, -0.2) is 0 Å². The monoisotopic (exact) mass is 341 g/mol. The number of carbonyl (C=O) groups is 1. The van der Waals surface area contributed by atoms with Gasteiger partial charge in [-0.05, 0) is 43.9 Å². The van der Waals surface area contributed by atoms with Gasteiger partial charge in [-0.3, -0.25) is 9.48 Å². The van der Waals surface area contributed by atoms with Gasteiger partial charge < -0.3 is 14.4 Å². The summed E-state index contributed by atoms with van der Waals surface area (Å²) < 4.78 is 13.3. The highest BCUT2D eigenvalue weighted by atomic mass is 16.6. The van der Waals surface area contributed by atoms with Gasteiger partial charge in [0.25, 0.3) is 5.91 Å². The van der Waals surface area contributed by atoms with Crippen LogP contribution in [0.5, 0.6) is 11.5 Å². The number of ether oxygens (including phenoxy) is 2. The summed E-state index contributed by atoms with van der Waals surface area (Å²) in [5, 5.41) is 4.38. The number of hydrogen-bond acceptors (Lipinski definition) is 4. The van der Waals surface area contributed by atoms with E-state index in [0.29, 0.717) is 30.3 Å². The molecule has 4 rings (SSSR count). The molecule has 1 aromatic carbocycles. The summed E-state index contributed by atoms with van der Waals surface area (Å²) in [5.41, 5.74) is 1.73. The highest BCUT2D eigenvalue weighted by molar-refractivity contribution is 5.98. The molecule has 1 fully saturated rings. The standard InChI is InChI=1S/C19H23N3O3/c1-14-11-20-21(12-14)13-15-5-2-3-8-22(15)19(23)16-6-4-7-17-18(16)25-10-9-24-17/h4,6-7,11-12,15H,2-3,5,8-10,13H2,1H3/t15-/m0/s1. The minimum Gasteiger partial charge on any atom is -0.486 e. The number of amides is 1. The minimum atomic E-state index is 0.0240. The van der Waals surface area contributed by atoms with Gasteiger partial charge in [-0.1, -0.05) is 6.07 Å². The Morgan fingerprint density at radius 3 is 3.00 bits per heavy atom. The number of hydrogen-bond donors (Lipinski definition) is 0. The molecule has 2 aromatic rings. The van der Waals surface area contributed by atoms with Gasteiger partial charge in [0.1, 0.15) is 13.2 Å². The first kappa shape index (κ1) is 16.0. The number of aromatic nitrogens is 2. The van der Waals surface area contributed by atoms with Gasteiger partial charge in [0.05, 0.1) is 24.3 Å². The number of aryl methyl sites for hydroxylation is 1. The predicted molar refractivity (Wildman–Crippen MR) is 93.1 cm³/mol. The molecule has 0 spiro atoms. The Bertz CT molecular complexity index is 771. The van der Waals surface area contributed by atoms with Crippen molar-refractivity contribution in [1.82, 2.24) is 14.7 Å². The van der Waals surface area contributed by atoms with Gasteiger partial charge in [-0.2, -0.15) is 5.10 Å². The Balaban J connectivity index is 1.59. The van der Waals surface area contributed by atoms with Gasteiger partial charge in [-0.15, -0.1) is 0 Å². The molecule has 1 amide bonds. The first-order chi connectivity index (χ1) is 12.2. The second kappa shape index (κ2) is 6.78. The van der Waals surface area contributed by atoms with E-state index in [9.17, 15) is 4.79 Å². The van der Waals surface area contributed by atoms with Gasteiger partial charge >= 0.3 is 0 Å². The van der Waals surface area contributed by atoms with Crippen molar-refractivity contribution < 1.29 is 14.3 Å². The molecule has 1 saturated heterocycles. The van der Waals surface area contributed by atoms with Crippen LogP contribution in [0.4, 0.5) is 0 Å². The number of rotatable bonds is 3. The average molecular weight is 341 g/mol. The SMILES string of the molecule is Cc1cnn(C[C@@H]2CCCCN2C(=O)c2cccc3c2OCCO3)c1. The molecule has 6 nitrogen and oxygen atoms in total. The molecule has 1 aromatic heterocycles. The van der Waals surface area contributed by atoms with E-state index in [1.54, 1.807) is 0 Å². The number of fused-ring (bicyclic) bond motifs is 1. The van der Waals surface area contributed by atoms with Gasteiger partial charge in [0.2, 0.25) is 0 Å². The Hall–Kier alpha value is -2.50. The van der Waals surface area contributed by atoms with Crippen LogP contribution in [-0.2, 0) is 6.54 Å². The lowest BCUT2D eigenvalue weighted by Gasteiger charge is -2.36. The van der Waals surface area contributed by atoms with Crippen LogP contribution in [0, 0.1) is 6.92 Å². The molecule has 0 saturated carbocycles. The molecule has 2 aliphatic heterocycles. The zero-order chi connectivity index (χ0) is 17.2. The van der Waals surface area contributed by atoms with Gasteiger partial charge in [0.15, 0.2) is 11.5 Å². The smallest absolute Gasteiger partial charge is 0.258 e. The maximum Gasteiger partial charge on any atom is 0.258 e. The number of carbonyl (C=O) groups excluding carboxylic acids is 1. The Morgan fingerprint density at radius 2 is 2.16 bits per heavy atom. The molecule has 0 unspecified atom stereocenters. The van der Waals surface area contributed by atoms with Crippen molar-refractivity contribution in [2.75, 3.05) is 19.8 Å². The summed E-state index contributed by atoms with van der Waals surface area (Å²) in [6.07, 6.45) is 7.05. The summed E-state index contributed by atoms with van der Waals surface area (Å²) >= 11 is 0. The minimum absolute atomic E-state index is 0.0240. The predicted octanol–water partition coefficient (Wildman–Crippen LogP) is 2.66. The van der Waals surface area contributed by atoms with Crippen LogP contribution in [0.3, 0.4) is 0 Å². The molecule has 1 atom stereocenters. The molecule has 0 aliphatic carbocycles. The van der Waals surface area contributed by atoms with E-state index in [4.69, 9.17) is 9.47 Å². The van der Waals surface area contributed by atoms with Crippen molar-refractivity contribution in [3.8, 4) is 11.5 Å². The highest BCUT2D eigenvalue weighted by Gasteiger charge is 2.31. The van der Waals surface area contributed by atoms with Crippen LogP contribution in [0.15, 0.2) is 30.6 Å². The van der Waals surface area contributed by atoms with Crippen LogP contribution >= 0.6 is 0 Å². The lowest BCUT2D eigenvalue weighted by atomic mass is 10.00. The van der Waals surface area contributed by atoms with E-state index >= 15 is 0 Å². The number of likely N-dealkylation sites (tertiary alicyclic amines) is 1. The first-order valence-electron chi connectivity index (χ1n) is 8.91. The zero-order valence-electron chi connectivity index (χ0n) is 14.5. The van der Waals surface area contributed by atoms with Crippen molar-refractivity contribution in [2.45, 2.75) is 38.8 Å². The third-order valence-corrected chi connectivity index (χ3v) is 4.84. The van der Waals surface area contributed by atoms with Crippen molar-refractivity contribution in [3.63, 3.8) is 0 Å². The molecule has 25 heavy (non-hydrogen) atoms. The average Bonchev–Trinajstić information content (AvgIpc) is 3.06. The lowest BCUT2D eigenvalue weighted by Crippen LogP contribution is -2.46. The van der Waals surface area contributed by atoms with E-state index < -0.39 is 0 Å². The fourth-order valence-electron chi connectivity index (χ4n) is 3.64. The quantitative estimate of drug-likeness (QED) is 0.861. The summed E-state index contributed by atoms with van der Waals surface area (Å²) in [6.45, 7) is 4.53. The maximum absolute atomic E-state index is 13.2. The maximum atomic E-state index is 13.2. The molecule has 2 aliphatic rings. The topological polar surface area (TPSA) is 56.6 Å². The fraction of sp³-hybridized carbons (Fsp3) is 0.474. The Labute approximate surface area is 147 Å². The van der Waals surface area contributed by atoms with Crippen molar-refractivity contribution in [1.29, 1.82) is 0 Å². The Kier molecular flexibility index (Phi) is 4.34. The number of para-hydroxylation sites is 1. The second-order valence-electron chi connectivity index (χ2n) is 6.72. The molecule has 0 bridgehead atoms. The first-order valence-corrected chi connectivity index (χ1v) is 8.91. The van der Waals surface area contributed by atoms with E-state index in [0.717, 1.165) is 37.9 Å². The zero-order valence-corrected chi connectivity index (χ0v) is 14.5.